The minimum absolute atomic E-state index is 0.00164. The van der Waals surface area contributed by atoms with Crippen molar-refractivity contribution in [3.05, 3.63) is 42.4 Å². The van der Waals surface area contributed by atoms with E-state index in [4.69, 9.17) is 4.42 Å². The predicted molar refractivity (Wildman–Crippen MR) is 77.9 cm³/mol. The van der Waals surface area contributed by atoms with Gasteiger partial charge in [-0.1, -0.05) is 20.8 Å². The van der Waals surface area contributed by atoms with Crippen LogP contribution < -0.4 is 5.32 Å². The average Bonchev–Trinajstić information content (AvgIpc) is 2.88. The first-order chi connectivity index (χ1) is 9.44. The molecule has 2 rings (SSSR count). The molecular formula is C16H20N2O2. The van der Waals surface area contributed by atoms with E-state index in [-0.39, 0.29) is 11.3 Å². The molecule has 106 valence electrons. The Hall–Kier alpha value is -2.10. The van der Waals surface area contributed by atoms with Gasteiger partial charge in [-0.15, -0.1) is 0 Å². The van der Waals surface area contributed by atoms with Gasteiger partial charge in [-0.05, 0) is 29.2 Å². The molecule has 2 heterocycles. The van der Waals surface area contributed by atoms with Crippen LogP contribution in [0.2, 0.25) is 0 Å². The lowest BCUT2D eigenvalue weighted by Crippen LogP contribution is -2.27. The summed E-state index contributed by atoms with van der Waals surface area (Å²) >= 11 is 0. The van der Waals surface area contributed by atoms with Crippen LogP contribution in [0.3, 0.4) is 0 Å². The van der Waals surface area contributed by atoms with E-state index in [2.05, 4.69) is 10.3 Å². The molecule has 0 aliphatic heterocycles. The first kappa shape index (κ1) is 14.3. The number of amides is 1. The van der Waals surface area contributed by atoms with Crippen LogP contribution in [0.1, 0.15) is 32.8 Å². The van der Waals surface area contributed by atoms with Gasteiger partial charge in [0, 0.05) is 30.9 Å². The Labute approximate surface area is 119 Å². The highest BCUT2D eigenvalue weighted by atomic mass is 16.3. The van der Waals surface area contributed by atoms with Gasteiger partial charge in [-0.3, -0.25) is 9.78 Å². The molecule has 0 aromatic carbocycles. The maximum Gasteiger partial charge on any atom is 0.220 e. The third-order valence-corrected chi connectivity index (χ3v) is 2.78. The molecule has 0 aliphatic carbocycles. The SMILES string of the molecule is CC(C)(C)CC(=O)NCc1cncc(-c2ccco2)c1. The van der Waals surface area contributed by atoms with Crippen LogP contribution in [0.15, 0.2) is 41.3 Å². The maximum atomic E-state index is 11.8. The van der Waals surface area contributed by atoms with Crippen LogP contribution in [0.25, 0.3) is 11.3 Å². The summed E-state index contributed by atoms with van der Waals surface area (Å²) in [4.78, 5) is 16.0. The van der Waals surface area contributed by atoms with Gasteiger partial charge in [-0.2, -0.15) is 0 Å². The number of carbonyl (C=O) groups excluding carboxylic acids is 1. The van der Waals surface area contributed by atoms with Gasteiger partial charge in [0.1, 0.15) is 5.76 Å². The highest BCUT2D eigenvalue weighted by molar-refractivity contribution is 5.76. The Bertz CT molecular complexity index is 568. The first-order valence-corrected chi connectivity index (χ1v) is 6.68. The zero-order valence-corrected chi connectivity index (χ0v) is 12.1. The monoisotopic (exact) mass is 272 g/mol. The molecule has 1 N–H and O–H groups in total. The number of hydrogen-bond donors (Lipinski definition) is 1. The van der Waals surface area contributed by atoms with Crippen molar-refractivity contribution in [2.24, 2.45) is 5.41 Å². The normalized spacial score (nSPS) is 11.3. The summed E-state index contributed by atoms with van der Waals surface area (Å²) in [6.45, 7) is 6.62. The van der Waals surface area contributed by atoms with Crippen molar-refractivity contribution >= 4 is 5.91 Å². The smallest absolute Gasteiger partial charge is 0.220 e. The topological polar surface area (TPSA) is 55.1 Å². The summed E-state index contributed by atoms with van der Waals surface area (Å²) in [6, 6.07) is 5.70. The molecule has 0 atom stereocenters. The van der Waals surface area contributed by atoms with Gasteiger partial charge in [0.15, 0.2) is 0 Å². The number of nitrogens with zero attached hydrogens (tertiary/aromatic N) is 1. The van der Waals surface area contributed by atoms with Crippen molar-refractivity contribution in [1.82, 2.24) is 10.3 Å². The fourth-order valence-electron chi connectivity index (χ4n) is 1.91. The lowest BCUT2D eigenvalue weighted by molar-refractivity contribution is -0.122. The Morgan fingerprint density at radius 1 is 1.35 bits per heavy atom. The van der Waals surface area contributed by atoms with Gasteiger partial charge in [0.05, 0.1) is 6.26 Å². The lowest BCUT2D eigenvalue weighted by Gasteiger charge is -2.17. The predicted octanol–water partition coefficient (Wildman–Crippen LogP) is 3.39. The number of carbonyl (C=O) groups is 1. The van der Waals surface area contributed by atoms with Gasteiger partial charge in [0.2, 0.25) is 5.91 Å². The zero-order valence-electron chi connectivity index (χ0n) is 12.1. The summed E-state index contributed by atoms with van der Waals surface area (Å²) < 4.78 is 5.34. The third kappa shape index (κ3) is 4.23. The van der Waals surface area contributed by atoms with E-state index in [9.17, 15) is 4.79 Å². The second-order valence-corrected chi connectivity index (χ2v) is 6.07. The molecule has 1 amide bonds. The van der Waals surface area contributed by atoms with E-state index in [1.165, 1.54) is 0 Å². The van der Waals surface area contributed by atoms with E-state index in [1.807, 2.05) is 39.0 Å². The standard InChI is InChI=1S/C16H20N2O2/c1-16(2,3)8-15(19)18-10-12-7-13(11-17-9-12)14-5-4-6-20-14/h4-7,9,11H,8,10H2,1-3H3,(H,18,19). The molecule has 20 heavy (non-hydrogen) atoms. The lowest BCUT2D eigenvalue weighted by atomic mass is 9.92. The van der Waals surface area contributed by atoms with Crippen LogP contribution in [0, 0.1) is 5.41 Å². The molecule has 0 unspecified atom stereocenters. The zero-order chi connectivity index (χ0) is 14.6. The molecule has 4 nitrogen and oxygen atoms in total. The van der Waals surface area contributed by atoms with Gasteiger partial charge < -0.3 is 9.73 Å². The van der Waals surface area contributed by atoms with E-state index in [0.29, 0.717) is 13.0 Å². The van der Waals surface area contributed by atoms with Crippen LogP contribution >= 0.6 is 0 Å². The fourth-order valence-corrected chi connectivity index (χ4v) is 1.91. The Morgan fingerprint density at radius 2 is 2.15 bits per heavy atom. The van der Waals surface area contributed by atoms with Crippen molar-refractivity contribution in [2.45, 2.75) is 33.7 Å². The highest BCUT2D eigenvalue weighted by Gasteiger charge is 2.15. The quantitative estimate of drug-likeness (QED) is 0.928. The fraction of sp³-hybridized carbons (Fsp3) is 0.375. The number of nitrogens with one attached hydrogen (secondary N) is 1. The van der Waals surface area contributed by atoms with Gasteiger partial charge in [0.25, 0.3) is 0 Å². The van der Waals surface area contributed by atoms with Crippen LogP contribution in [-0.2, 0) is 11.3 Å². The highest BCUT2D eigenvalue weighted by Crippen LogP contribution is 2.20. The van der Waals surface area contributed by atoms with Gasteiger partial charge in [-0.25, -0.2) is 0 Å². The average molecular weight is 272 g/mol. The van der Waals surface area contributed by atoms with Crippen molar-refractivity contribution < 1.29 is 9.21 Å². The number of rotatable bonds is 4. The summed E-state index contributed by atoms with van der Waals surface area (Å²) in [7, 11) is 0. The van der Waals surface area contributed by atoms with E-state index in [0.717, 1.165) is 16.9 Å². The number of furan rings is 1. The molecule has 0 saturated carbocycles. The Balaban J connectivity index is 1.97. The molecule has 0 fully saturated rings. The molecule has 0 spiro atoms. The van der Waals surface area contributed by atoms with Crippen LogP contribution in [0.5, 0.6) is 0 Å². The van der Waals surface area contributed by atoms with Gasteiger partial charge >= 0.3 is 0 Å². The molecule has 0 bridgehead atoms. The largest absolute Gasteiger partial charge is 0.464 e. The number of aromatic nitrogens is 1. The number of pyridine rings is 1. The van der Waals surface area contributed by atoms with E-state index >= 15 is 0 Å². The third-order valence-electron chi connectivity index (χ3n) is 2.78. The summed E-state index contributed by atoms with van der Waals surface area (Å²) in [5, 5.41) is 2.92. The molecule has 4 heteroatoms. The van der Waals surface area contributed by atoms with Crippen LogP contribution in [0.4, 0.5) is 0 Å². The first-order valence-electron chi connectivity index (χ1n) is 6.68. The van der Waals surface area contributed by atoms with Crippen molar-refractivity contribution in [2.75, 3.05) is 0 Å². The minimum Gasteiger partial charge on any atom is -0.464 e. The van der Waals surface area contributed by atoms with Crippen LogP contribution in [-0.4, -0.2) is 10.9 Å². The van der Waals surface area contributed by atoms with E-state index < -0.39 is 0 Å². The van der Waals surface area contributed by atoms with Crippen molar-refractivity contribution in [3.63, 3.8) is 0 Å². The molecule has 0 radical (unpaired) electrons. The number of hydrogen-bond acceptors (Lipinski definition) is 3. The molecule has 0 aliphatic rings. The summed E-state index contributed by atoms with van der Waals surface area (Å²) in [6.07, 6.45) is 5.65. The second-order valence-electron chi connectivity index (χ2n) is 6.07. The molecule has 2 aromatic rings. The summed E-state index contributed by atoms with van der Waals surface area (Å²) in [5.41, 5.74) is 1.87. The molecule has 2 aromatic heterocycles. The molecule has 0 saturated heterocycles. The van der Waals surface area contributed by atoms with E-state index in [1.54, 1.807) is 18.7 Å². The minimum atomic E-state index is -0.00164. The van der Waals surface area contributed by atoms with Crippen molar-refractivity contribution in [3.8, 4) is 11.3 Å². The molecular weight excluding hydrogens is 252 g/mol. The maximum absolute atomic E-state index is 11.8. The second kappa shape index (κ2) is 5.90. The Morgan fingerprint density at radius 3 is 2.80 bits per heavy atom. The van der Waals surface area contributed by atoms with Crippen molar-refractivity contribution in [1.29, 1.82) is 0 Å². The summed E-state index contributed by atoms with van der Waals surface area (Å²) in [5.74, 6) is 0.835. The Kier molecular flexibility index (Phi) is 4.23.